The number of unbranched alkanes of at least 4 members (excludes halogenated alkanes) is 21. The first-order valence-electron chi connectivity index (χ1n) is 35.1. The number of likely N-dealkylation sites (tertiary alicyclic amines) is 1. The van der Waals surface area contributed by atoms with Crippen LogP contribution in [0.25, 0.3) is 0 Å². The third-order valence-corrected chi connectivity index (χ3v) is 13.4. The molecule has 2 atom stereocenters. The van der Waals surface area contributed by atoms with E-state index in [1.165, 1.54) is 128 Å². The van der Waals surface area contributed by atoms with E-state index in [1.54, 1.807) is 16.7 Å². The molecule has 0 N–H and O–H groups in total. The number of rotatable bonds is 43. The molecule has 0 aromatic rings. The third-order valence-electron chi connectivity index (χ3n) is 13.4. The Morgan fingerprint density at radius 2 is 0.800 bits per heavy atom. The molecular formula is C70H140N2O13. The van der Waals surface area contributed by atoms with E-state index in [-0.39, 0.29) is 55.1 Å². The molecule has 1 saturated heterocycles. The lowest BCUT2D eigenvalue weighted by Gasteiger charge is -2.18. The van der Waals surface area contributed by atoms with E-state index in [1.807, 2.05) is 48.5 Å². The molecule has 2 rings (SSSR count). The van der Waals surface area contributed by atoms with Crippen LogP contribution in [-0.2, 0) is 57.2 Å². The minimum Gasteiger partial charge on any atom is -0.466 e. The number of carbonyl (C=O) groups is 7. The summed E-state index contributed by atoms with van der Waals surface area (Å²) in [5, 5.41) is 0. The molecule has 0 bridgehead atoms. The summed E-state index contributed by atoms with van der Waals surface area (Å²) in [7, 11) is 0. The highest BCUT2D eigenvalue weighted by molar-refractivity contribution is 5.75. The van der Waals surface area contributed by atoms with Crippen LogP contribution < -0.4 is 0 Å². The van der Waals surface area contributed by atoms with Gasteiger partial charge in [-0.3, -0.25) is 28.9 Å². The van der Waals surface area contributed by atoms with E-state index in [2.05, 4.69) is 55.4 Å². The predicted octanol–water partition coefficient (Wildman–Crippen LogP) is 18.8. The Balaban J connectivity index is -0.000000235. The molecule has 2 unspecified atom stereocenters. The first-order valence-corrected chi connectivity index (χ1v) is 35.1. The highest BCUT2D eigenvalue weighted by Gasteiger charge is 2.29. The molecule has 0 spiro atoms. The Labute approximate surface area is 524 Å². The zero-order valence-corrected chi connectivity index (χ0v) is 58.6. The van der Waals surface area contributed by atoms with Gasteiger partial charge in [-0.05, 0) is 57.4 Å². The zero-order chi connectivity index (χ0) is 65.4. The van der Waals surface area contributed by atoms with Crippen molar-refractivity contribution < 1.29 is 62.0 Å². The third kappa shape index (κ3) is 78.2. The number of amides is 1. The molecule has 1 heterocycles. The van der Waals surface area contributed by atoms with Gasteiger partial charge in [0.25, 0.3) is 0 Å². The molecule has 0 aromatic heterocycles. The van der Waals surface area contributed by atoms with Crippen LogP contribution in [0.15, 0.2) is 0 Å². The fourth-order valence-corrected chi connectivity index (χ4v) is 7.37. The van der Waals surface area contributed by atoms with Gasteiger partial charge < -0.3 is 38.1 Å². The van der Waals surface area contributed by atoms with E-state index < -0.39 is 0 Å². The molecule has 85 heavy (non-hydrogen) atoms. The van der Waals surface area contributed by atoms with Gasteiger partial charge in [0.15, 0.2) is 0 Å². The molecule has 1 amide bonds. The van der Waals surface area contributed by atoms with E-state index in [9.17, 15) is 33.6 Å². The van der Waals surface area contributed by atoms with Crippen molar-refractivity contribution in [3.63, 3.8) is 0 Å². The number of ether oxygens (including phenoxy) is 6. The van der Waals surface area contributed by atoms with Crippen molar-refractivity contribution in [2.75, 3.05) is 65.8 Å². The zero-order valence-electron chi connectivity index (χ0n) is 58.6. The SMILES string of the molecule is CC.CC.CCCC.CCCCCCCCOC(=O)CC.CCCCCCCCOC(=O)CC(C)CC.CCCCCCCCOC(=O)CN(CC)CC(=O)OCCCCCCCC.CCCOC(=O)N1CCC(OC(=O)CC)C1.O=CC1CC1. The van der Waals surface area contributed by atoms with Crippen LogP contribution in [0.3, 0.4) is 0 Å². The number of esters is 5. The molecule has 1 aliphatic heterocycles. The van der Waals surface area contributed by atoms with E-state index >= 15 is 0 Å². The van der Waals surface area contributed by atoms with Crippen molar-refractivity contribution in [1.82, 2.24) is 9.80 Å². The Kier molecular flexibility index (Phi) is 85.1. The normalized spacial score (nSPS) is 12.9. The summed E-state index contributed by atoms with van der Waals surface area (Å²) in [4.78, 5) is 81.3. The number of nitrogens with zero attached hydrogens (tertiary/aromatic N) is 2. The summed E-state index contributed by atoms with van der Waals surface area (Å²) in [6, 6.07) is 0. The standard InChI is InChI=1S/C22H43NO4.C14H28O2.C11H19NO4.C11H22O2.C4H6O.C4H10.2C2H6/c1-4-7-9-11-13-15-17-26-21(24)19-23(6-3)20-22(25)27-18-16-14-12-10-8-5-2;1-4-6-7-8-9-10-11-16-14(15)12-13(3)5-2;1-3-7-15-11(14)12-6-5-9(8-12)16-10(13)4-2;1-3-5-6-7-8-9-10-13-11(12)4-2;5-3-4-1-2-4;1-3-4-2;2*1-2/h4-20H2,1-3H3;13H,4-12H2,1-3H3;9H,3-8H2,1-2H3;3-10H2,1-2H3;3-4H,1-2H2;3-4H2,1-2H3;2*1-2H3. The average molecular weight is 1220 g/mol. The fraction of sp³-hybridized carbons (Fsp3) is 0.900. The number of hydrogen-bond acceptors (Lipinski definition) is 14. The molecular weight excluding hydrogens is 1080 g/mol. The number of hydrogen-bond donors (Lipinski definition) is 0. The summed E-state index contributed by atoms with van der Waals surface area (Å²) in [5.41, 5.74) is 0. The Hall–Kier alpha value is -3.75. The van der Waals surface area contributed by atoms with Gasteiger partial charge in [0.2, 0.25) is 0 Å². The van der Waals surface area contributed by atoms with Crippen LogP contribution in [-0.4, -0.2) is 124 Å². The smallest absolute Gasteiger partial charge is 0.409 e. The maximum atomic E-state index is 11.9. The molecule has 15 heteroatoms. The fourth-order valence-electron chi connectivity index (χ4n) is 7.37. The highest BCUT2D eigenvalue weighted by Crippen LogP contribution is 2.25. The van der Waals surface area contributed by atoms with Crippen LogP contribution >= 0.6 is 0 Å². The topological polar surface area (TPSA) is 181 Å². The molecule has 1 aliphatic carbocycles. The van der Waals surface area contributed by atoms with Crippen molar-refractivity contribution in [1.29, 1.82) is 0 Å². The van der Waals surface area contributed by atoms with E-state index in [0.29, 0.717) is 90.2 Å². The lowest BCUT2D eigenvalue weighted by atomic mass is 10.1. The van der Waals surface area contributed by atoms with Crippen LogP contribution in [0.2, 0.25) is 0 Å². The number of likely N-dealkylation sites (N-methyl/N-ethyl adjacent to an activating group) is 1. The van der Waals surface area contributed by atoms with Crippen molar-refractivity contribution in [3.05, 3.63) is 0 Å². The van der Waals surface area contributed by atoms with Crippen LogP contribution in [0, 0.1) is 11.8 Å². The highest BCUT2D eigenvalue weighted by atomic mass is 16.6. The summed E-state index contributed by atoms with van der Waals surface area (Å²) in [5.74, 6) is 0.0839. The van der Waals surface area contributed by atoms with Gasteiger partial charge in [-0.25, -0.2) is 4.79 Å². The second-order valence-electron chi connectivity index (χ2n) is 21.6. The number of aldehydes is 1. The van der Waals surface area contributed by atoms with Crippen LogP contribution in [0.1, 0.15) is 329 Å². The lowest BCUT2D eigenvalue weighted by Crippen LogP contribution is -2.36. The van der Waals surface area contributed by atoms with Crippen LogP contribution in [0.4, 0.5) is 4.79 Å². The molecule has 15 nitrogen and oxygen atoms in total. The molecule has 0 radical (unpaired) electrons. The first-order chi connectivity index (χ1) is 41.2. The van der Waals surface area contributed by atoms with Crippen molar-refractivity contribution in [2.45, 2.75) is 335 Å². The lowest BCUT2D eigenvalue weighted by molar-refractivity contribution is -0.149. The van der Waals surface area contributed by atoms with Crippen molar-refractivity contribution >= 4 is 42.2 Å². The largest absolute Gasteiger partial charge is 0.466 e. The summed E-state index contributed by atoms with van der Waals surface area (Å²) < 4.78 is 30.8. The van der Waals surface area contributed by atoms with Gasteiger partial charge in [-0.1, -0.05) is 258 Å². The molecule has 2 fully saturated rings. The average Bonchev–Trinajstić information content (AvgIpc) is 4.46. The molecule has 1 saturated carbocycles. The summed E-state index contributed by atoms with van der Waals surface area (Å²) in [6.07, 6.45) is 38.3. The van der Waals surface area contributed by atoms with E-state index in [0.717, 1.165) is 70.5 Å². The van der Waals surface area contributed by atoms with Gasteiger partial charge in [-0.2, -0.15) is 0 Å². The quantitative estimate of drug-likeness (QED) is 0.0243. The van der Waals surface area contributed by atoms with Gasteiger partial charge >= 0.3 is 35.9 Å². The summed E-state index contributed by atoms with van der Waals surface area (Å²) >= 11 is 0. The number of carbonyl (C=O) groups excluding carboxylic acids is 7. The monoisotopic (exact) mass is 1220 g/mol. The Morgan fingerprint density at radius 3 is 1.11 bits per heavy atom. The summed E-state index contributed by atoms with van der Waals surface area (Å²) in [6.45, 7) is 37.4. The second kappa shape index (κ2) is 78.3. The molecule has 2 aliphatic rings. The van der Waals surface area contributed by atoms with Crippen molar-refractivity contribution in [3.8, 4) is 0 Å². The second-order valence-corrected chi connectivity index (χ2v) is 21.6. The first kappa shape index (κ1) is 92.4. The van der Waals surface area contributed by atoms with Gasteiger partial charge in [0, 0.05) is 38.1 Å². The maximum Gasteiger partial charge on any atom is 0.409 e. The van der Waals surface area contributed by atoms with Crippen LogP contribution in [0.5, 0.6) is 0 Å². The molecule has 0 aromatic carbocycles. The molecule has 508 valence electrons. The minimum atomic E-state index is -0.308. The van der Waals surface area contributed by atoms with Crippen molar-refractivity contribution in [2.24, 2.45) is 11.8 Å². The maximum absolute atomic E-state index is 11.9. The Morgan fingerprint density at radius 1 is 0.435 bits per heavy atom. The predicted molar refractivity (Wildman–Crippen MR) is 354 cm³/mol. The van der Waals surface area contributed by atoms with Gasteiger partial charge in [0.1, 0.15) is 12.4 Å². The Bertz CT molecular complexity index is 1400. The van der Waals surface area contributed by atoms with Gasteiger partial charge in [0.05, 0.1) is 52.7 Å². The van der Waals surface area contributed by atoms with Gasteiger partial charge in [-0.15, -0.1) is 0 Å². The van der Waals surface area contributed by atoms with E-state index in [4.69, 9.17) is 28.4 Å². The minimum absolute atomic E-state index is 0.0251.